The first-order chi connectivity index (χ1) is 18.7. The summed E-state index contributed by atoms with van der Waals surface area (Å²) in [4.78, 5) is 51.2. The minimum atomic E-state index is -0.751. The lowest BCUT2D eigenvalue weighted by Crippen LogP contribution is -2.50. The highest BCUT2D eigenvalue weighted by Gasteiger charge is 2.27. The summed E-state index contributed by atoms with van der Waals surface area (Å²) in [6, 6.07) is 13.5. The van der Waals surface area contributed by atoms with Gasteiger partial charge in [-0.25, -0.2) is 9.49 Å². The number of hydrogen-bond donors (Lipinski definition) is 1. The van der Waals surface area contributed by atoms with Crippen LogP contribution < -0.4 is 10.3 Å². The number of nitro groups is 1. The summed E-state index contributed by atoms with van der Waals surface area (Å²) in [5, 5.41) is 18.1. The number of amides is 2. The third-order valence-corrected chi connectivity index (χ3v) is 6.51. The number of rotatable bonds is 5. The molecule has 1 saturated heterocycles. The van der Waals surface area contributed by atoms with Crippen LogP contribution in [0.15, 0.2) is 65.5 Å². The second-order valence-corrected chi connectivity index (χ2v) is 9.12. The quantitative estimate of drug-likeness (QED) is 0.292. The van der Waals surface area contributed by atoms with E-state index < -0.39 is 22.2 Å². The Kier molecular flexibility index (Phi) is 6.94. The zero-order valence-electron chi connectivity index (χ0n) is 20.1. The number of nitrogens with one attached hydrogen (secondary N) is 1. The SMILES string of the molecule is O=C(c1ccc([N+](=O)[O-])cc1)N1CCN(C(=O)c2cc(Oc3n[nH]c(=O)c4ccc(Cl)cc34)ccc2F)CC1. The van der Waals surface area contributed by atoms with Crippen molar-refractivity contribution in [3.05, 3.63) is 103 Å². The van der Waals surface area contributed by atoms with Gasteiger partial charge in [-0.15, -0.1) is 5.10 Å². The number of benzene rings is 3. The van der Waals surface area contributed by atoms with Crippen LogP contribution in [0, 0.1) is 15.9 Å². The monoisotopic (exact) mass is 551 g/mol. The first kappa shape index (κ1) is 25.8. The summed E-state index contributed by atoms with van der Waals surface area (Å²) in [6.45, 7) is 0.722. The molecular formula is C26H19ClFN5O6. The van der Waals surface area contributed by atoms with Crippen LogP contribution in [0.3, 0.4) is 0 Å². The van der Waals surface area contributed by atoms with Gasteiger partial charge in [0.2, 0.25) is 5.88 Å². The van der Waals surface area contributed by atoms with Gasteiger partial charge < -0.3 is 14.5 Å². The predicted octanol–water partition coefficient (Wildman–Crippen LogP) is 4.01. The number of H-pyrrole nitrogens is 1. The Morgan fingerprint density at radius 3 is 2.28 bits per heavy atom. The van der Waals surface area contributed by atoms with Crippen LogP contribution in [0.4, 0.5) is 10.1 Å². The maximum atomic E-state index is 14.7. The van der Waals surface area contributed by atoms with Gasteiger partial charge in [-0.05, 0) is 48.5 Å². The van der Waals surface area contributed by atoms with Crippen molar-refractivity contribution in [2.75, 3.05) is 26.2 Å². The van der Waals surface area contributed by atoms with E-state index in [1.807, 2.05) is 0 Å². The summed E-state index contributed by atoms with van der Waals surface area (Å²) in [5.41, 5.74) is -0.492. The molecule has 0 atom stereocenters. The molecule has 2 amide bonds. The highest BCUT2D eigenvalue weighted by molar-refractivity contribution is 6.31. The fourth-order valence-electron chi connectivity index (χ4n) is 4.23. The smallest absolute Gasteiger partial charge is 0.272 e. The van der Waals surface area contributed by atoms with Gasteiger partial charge in [0, 0.05) is 48.9 Å². The fourth-order valence-corrected chi connectivity index (χ4v) is 4.40. The van der Waals surface area contributed by atoms with Crippen LogP contribution in [0.2, 0.25) is 5.02 Å². The number of fused-ring (bicyclic) bond motifs is 1. The molecule has 13 heteroatoms. The Morgan fingerprint density at radius 2 is 1.62 bits per heavy atom. The number of carbonyl (C=O) groups excluding carboxylic acids is 2. The van der Waals surface area contributed by atoms with Gasteiger partial charge in [0.15, 0.2) is 0 Å². The number of halogens is 2. The topological polar surface area (TPSA) is 139 Å². The summed E-state index contributed by atoms with van der Waals surface area (Å²) < 4.78 is 20.5. The molecule has 0 aliphatic carbocycles. The zero-order valence-corrected chi connectivity index (χ0v) is 20.9. The number of non-ortho nitro benzene ring substituents is 1. The van der Waals surface area contributed by atoms with E-state index in [0.29, 0.717) is 21.4 Å². The van der Waals surface area contributed by atoms with Crippen molar-refractivity contribution < 1.29 is 23.6 Å². The van der Waals surface area contributed by atoms with Crippen molar-refractivity contribution >= 4 is 39.9 Å². The van der Waals surface area contributed by atoms with Gasteiger partial charge in [0.25, 0.3) is 23.1 Å². The van der Waals surface area contributed by atoms with Crippen molar-refractivity contribution in [2.45, 2.75) is 0 Å². The van der Waals surface area contributed by atoms with Crippen LogP contribution in [0.25, 0.3) is 10.8 Å². The molecule has 2 heterocycles. The number of hydrogen-bond acceptors (Lipinski definition) is 7. The summed E-state index contributed by atoms with van der Waals surface area (Å²) >= 11 is 6.06. The van der Waals surface area contributed by atoms with Crippen molar-refractivity contribution in [3.8, 4) is 11.6 Å². The van der Waals surface area contributed by atoms with E-state index >= 15 is 0 Å². The highest BCUT2D eigenvalue weighted by atomic mass is 35.5. The second kappa shape index (κ2) is 10.5. The van der Waals surface area contributed by atoms with Crippen molar-refractivity contribution in [3.63, 3.8) is 0 Å². The summed E-state index contributed by atoms with van der Waals surface area (Å²) in [7, 11) is 0. The van der Waals surface area contributed by atoms with E-state index in [1.54, 1.807) is 6.07 Å². The lowest BCUT2D eigenvalue weighted by Gasteiger charge is -2.35. The van der Waals surface area contributed by atoms with Gasteiger partial charge in [-0.2, -0.15) is 0 Å². The van der Waals surface area contributed by atoms with E-state index in [2.05, 4.69) is 10.2 Å². The van der Waals surface area contributed by atoms with Crippen LogP contribution >= 0.6 is 11.6 Å². The first-order valence-corrected chi connectivity index (χ1v) is 12.1. The molecule has 3 aromatic carbocycles. The number of nitro benzene ring substituents is 1. The normalized spacial score (nSPS) is 13.4. The molecule has 5 rings (SSSR count). The van der Waals surface area contributed by atoms with Crippen LogP contribution in [-0.4, -0.2) is 62.9 Å². The average Bonchev–Trinajstić information content (AvgIpc) is 2.95. The molecule has 11 nitrogen and oxygen atoms in total. The molecule has 0 bridgehead atoms. The largest absolute Gasteiger partial charge is 0.437 e. The number of carbonyl (C=O) groups is 2. The van der Waals surface area contributed by atoms with Crippen LogP contribution in [-0.2, 0) is 0 Å². The molecule has 39 heavy (non-hydrogen) atoms. The second-order valence-electron chi connectivity index (χ2n) is 8.68. The summed E-state index contributed by atoms with van der Waals surface area (Å²) in [6.07, 6.45) is 0. The molecule has 0 radical (unpaired) electrons. The van der Waals surface area contributed by atoms with E-state index in [-0.39, 0.29) is 55.0 Å². The molecule has 0 saturated carbocycles. The highest BCUT2D eigenvalue weighted by Crippen LogP contribution is 2.29. The van der Waals surface area contributed by atoms with Crippen molar-refractivity contribution in [2.24, 2.45) is 0 Å². The van der Waals surface area contributed by atoms with Crippen molar-refractivity contribution in [1.29, 1.82) is 0 Å². The average molecular weight is 552 g/mol. The van der Waals surface area contributed by atoms with Crippen LogP contribution in [0.1, 0.15) is 20.7 Å². The van der Waals surface area contributed by atoms with E-state index in [1.165, 1.54) is 58.3 Å². The maximum Gasteiger partial charge on any atom is 0.272 e. The molecule has 1 fully saturated rings. The third kappa shape index (κ3) is 5.27. The van der Waals surface area contributed by atoms with E-state index in [9.17, 15) is 28.9 Å². The third-order valence-electron chi connectivity index (χ3n) is 6.28. The molecular weight excluding hydrogens is 533 g/mol. The van der Waals surface area contributed by atoms with E-state index in [4.69, 9.17) is 16.3 Å². The van der Waals surface area contributed by atoms with Gasteiger partial charge in [-0.1, -0.05) is 11.6 Å². The number of piperazine rings is 1. The molecule has 1 aliphatic rings. The molecule has 0 spiro atoms. The molecule has 4 aromatic rings. The lowest BCUT2D eigenvalue weighted by molar-refractivity contribution is -0.384. The Labute approximate surface area is 224 Å². The van der Waals surface area contributed by atoms with Gasteiger partial charge in [-0.3, -0.25) is 24.5 Å². The van der Waals surface area contributed by atoms with Gasteiger partial charge >= 0.3 is 0 Å². The Morgan fingerprint density at radius 1 is 0.949 bits per heavy atom. The Bertz CT molecular complexity index is 1670. The first-order valence-electron chi connectivity index (χ1n) is 11.7. The Hall–Kier alpha value is -4.84. The van der Waals surface area contributed by atoms with Gasteiger partial charge in [0.1, 0.15) is 11.6 Å². The fraction of sp³-hybridized carbons (Fsp3) is 0.154. The lowest BCUT2D eigenvalue weighted by atomic mass is 10.1. The molecule has 1 aromatic heterocycles. The van der Waals surface area contributed by atoms with Gasteiger partial charge in [0.05, 0.1) is 21.3 Å². The minimum absolute atomic E-state index is 0.0236. The Balaban J connectivity index is 1.29. The number of aromatic nitrogens is 2. The molecule has 1 N–H and O–H groups in total. The number of nitrogens with zero attached hydrogens (tertiary/aromatic N) is 4. The van der Waals surface area contributed by atoms with Crippen LogP contribution in [0.5, 0.6) is 11.6 Å². The molecule has 1 aliphatic heterocycles. The number of aromatic amines is 1. The van der Waals surface area contributed by atoms with E-state index in [0.717, 1.165) is 6.07 Å². The standard InChI is InChI=1S/C26H19ClFN5O6/c27-16-3-7-19-20(13-16)24(30-29-23(19)34)39-18-6-8-22(28)21(14-18)26(36)32-11-9-31(10-12-32)25(35)15-1-4-17(5-2-15)33(37)38/h1-8,13-14H,9-12H2,(H,29,34). The predicted molar refractivity (Wildman–Crippen MR) is 139 cm³/mol. The number of ether oxygens (including phenoxy) is 1. The molecule has 198 valence electrons. The zero-order chi connectivity index (χ0) is 27.7. The maximum absolute atomic E-state index is 14.7. The van der Waals surface area contributed by atoms with Crippen molar-refractivity contribution in [1.82, 2.24) is 20.0 Å². The summed E-state index contributed by atoms with van der Waals surface area (Å²) in [5.74, 6) is -1.51. The molecule has 0 unspecified atom stereocenters. The minimum Gasteiger partial charge on any atom is -0.437 e.